The van der Waals surface area contributed by atoms with Crippen LogP contribution in [0.5, 0.6) is 0 Å². The molecule has 0 aliphatic carbocycles. The molecule has 1 aliphatic heterocycles. The number of nitrogens with one attached hydrogen (secondary N) is 2. The molecular weight excluding hydrogens is 271 g/mol. The monoisotopic (exact) mass is 294 g/mol. The van der Waals surface area contributed by atoms with E-state index >= 15 is 0 Å². The van der Waals surface area contributed by atoms with Crippen molar-refractivity contribution in [1.82, 2.24) is 0 Å². The number of hydrogen-bond donors (Lipinski definition) is 2. The molecule has 4 nitrogen and oxygen atoms in total. The molecule has 0 saturated carbocycles. The number of ether oxygens (including phenoxy) is 1. The van der Waals surface area contributed by atoms with Gasteiger partial charge in [-0.1, -0.05) is 13.8 Å². The molecule has 1 amide bonds. The number of anilines is 2. The quantitative estimate of drug-likeness (QED) is 0.895. The lowest BCUT2D eigenvalue weighted by molar-refractivity contribution is -0.114. The van der Waals surface area contributed by atoms with Gasteiger partial charge in [0.1, 0.15) is 5.82 Å². The Bertz CT molecular complexity index is 505. The fourth-order valence-electron chi connectivity index (χ4n) is 2.56. The van der Waals surface area contributed by atoms with Gasteiger partial charge in [0, 0.05) is 25.3 Å². The van der Waals surface area contributed by atoms with E-state index in [9.17, 15) is 9.18 Å². The van der Waals surface area contributed by atoms with E-state index in [1.165, 1.54) is 13.0 Å². The van der Waals surface area contributed by atoms with E-state index in [4.69, 9.17) is 4.74 Å². The predicted molar refractivity (Wildman–Crippen MR) is 81.9 cm³/mol. The average molecular weight is 294 g/mol. The van der Waals surface area contributed by atoms with Gasteiger partial charge < -0.3 is 15.4 Å². The van der Waals surface area contributed by atoms with Gasteiger partial charge in [0.2, 0.25) is 5.91 Å². The molecule has 1 saturated heterocycles. The molecule has 21 heavy (non-hydrogen) atoms. The smallest absolute Gasteiger partial charge is 0.221 e. The largest absolute Gasteiger partial charge is 0.382 e. The van der Waals surface area contributed by atoms with E-state index in [0.717, 1.165) is 25.1 Å². The highest BCUT2D eigenvalue weighted by molar-refractivity contribution is 5.89. The molecule has 2 rings (SSSR count). The van der Waals surface area contributed by atoms with Crippen LogP contribution in [0, 0.1) is 11.7 Å². The number of rotatable bonds is 4. The Morgan fingerprint density at radius 2 is 2.19 bits per heavy atom. The summed E-state index contributed by atoms with van der Waals surface area (Å²) in [4.78, 5) is 11.1. The van der Waals surface area contributed by atoms with Gasteiger partial charge in [0.25, 0.3) is 0 Å². The molecule has 2 N–H and O–H groups in total. The molecule has 1 heterocycles. The van der Waals surface area contributed by atoms with Gasteiger partial charge in [0.15, 0.2) is 0 Å². The number of carbonyl (C=O) groups is 1. The van der Waals surface area contributed by atoms with Crippen LogP contribution in [0.15, 0.2) is 18.2 Å². The molecule has 0 aromatic heterocycles. The molecular formula is C16H23FN2O2. The average Bonchev–Trinajstić information content (AvgIpc) is 2.42. The third-order valence-electron chi connectivity index (χ3n) is 3.71. The van der Waals surface area contributed by atoms with E-state index in [1.54, 1.807) is 12.1 Å². The zero-order chi connectivity index (χ0) is 15.4. The van der Waals surface area contributed by atoms with E-state index in [-0.39, 0.29) is 17.7 Å². The summed E-state index contributed by atoms with van der Waals surface area (Å²) in [7, 11) is 0. The Kier molecular flexibility index (Phi) is 5.17. The van der Waals surface area contributed by atoms with E-state index < -0.39 is 5.82 Å². The van der Waals surface area contributed by atoms with Crippen molar-refractivity contribution in [2.45, 2.75) is 45.8 Å². The van der Waals surface area contributed by atoms with Crippen LogP contribution in [-0.2, 0) is 9.53 Å². The van der Waals surface area contributed by atoms with Crippen molar-refractivity contribution >= 4 is 17.3 Å². The Balaban J connectivity index is 2.03. The molecule has 2 unspecified atom stereocenters. The topological polar surface area (TPSA) is 50.4 Å². The van der Waals surface area contributed by atoms with Crippen molar-refractivity contribution in [3.63, 3.8) is 0 Å². The van der Waals surface area contributed by atoms with Crippen molar-refractivity contribution in [3.8, 4) is 0 Å². The summed E-state index contributed by atoms with van der Waals surface area (Å²) in [6.07, 6.45) is 2.12. The summed E-state index contributed by atoms with van der Waals surface area (Å²) in [5.41, 5.74) is 1.02. The van der Waals surface area contributed by atoms with Crippen LogP contribution < -0.4 is 10.6 Å². The third-order valence-corrected chi connectivity index (χ3v) is 3.71. The maximum absolute atomic E-state index is 13.6. The molecule has 0 radical (unpaired) electrons. The lowest BCUT2D eigenvalue weighted by Gasteiger charge is -2.33. The highest BCUT2D eigenvalue weighted by Gasteiger charge is 2.24. The molecule has 2 atom stereocenters. The van der Waals surface area contributed by atoms with Crippen molar-refractivity contribution in [3.05, 3.63) is 24.0 Å². The van der Waals surface area contributed by atoms with E-state index in [1.807, 2.05) is 0 Å². The third kappa shape index (κ3) is 4.43. The van der Waals surface area contributed by atoms with Crippen LogP contribution in [0.4, 0.5) is 15.8 Å². The van der Waals surface area contributed by atoms with Gasteiger partial charge in [-0.05, 0) is 37.0 Å². The first-order valence-corrected chi connectivity index (χ1v) is 7.41. The molecule has 0 spiro atoms. The van der Waals surface area contributed by atoms with Gasteiger partial charge in [0.05, 0.1) is 11.8 Å². The Morgan fingerprint density at radius 3 is 2.86 bits per heavy atom. The molecule has 0 bridgehead atoms. The van der Waals surface area contributed by atoms with Crippen LogP contribution in [0.25, 0.3) is 0 Å². The molecule has 116 valence electrons. The Hall–Kier alpha value is -1.62. The second-order valence-electron chi connectivity index (χ2n) is 5.89. The first-order valence-electron chi connectivity index (χ1n) is 7.41. The van der Waals surface area contributed by atoms with E-state index in [0.29, 0.717) is 12.0 Å². The minimum atomic E-state index is -0.428. The Morgan fingerprint density at radius 1 is 1.43 bits per heavy atom. The summed E-state index contributed by atoms with van der Waals surface area (Å²) in [5.74, 6) is -0.225. The van der Waals surface area contributed by atoms with Crippen LogP contribution in [0.3, 0.4) is 0 Å². The summed E-state index contributed by atoms with van der Waals surface area (Å²) >= 11 is 0. The van der Waals surface area contributed by atoms with Gasteiger partial charge >= 0.3 is 0 Å². The molecule has 1 aromatic carbocycles. The summed E-state index contributed by atoms with van der Waals surface area (Å²) in [5, 5.41) is 5.91. The first-order chi connectivity index (χ1) is 9.95. The van der Waals surface area contributed by atoms with Crippen molar-refractivity contribution < 1.29 is 13.9 Å². The Labute approximate surface area is 125 Å². The maximum atomic E-state index is 13.6. The fourth-order valence-corrected chi connectivity index (χ4v) is 2.56. The molecule has 1 aliphatic rings. The second kappa shape index (κ2) is 6.89. The number of carbonyl (C=O) groups excluding carboxylic acids is 1. The van der Waals surface area contributed by atoms with E-state index in [2.05, 4.69) is 24.5 Å². The number of hydrogen-bond acceptors (Lipinski definition) is 3. The van der Waals surface area contributed by atoms with Gasteiger partial charge in [-0.3, -0.25) is 4.79 Å². The maximum Gasteiger partial charge on any atom is 0.221 e. The zero-order valence-corrected chi connectivity index (χ0v) is 12.8. The SMILES string of the molecule is CC(=O)Nc1cc(NC2CCOC(C(C)C)C2)ccc1F. The van der Waals surface area contributed by atoms with Gasteiger partial charge in [-0.15, -0.1) is 0 Å². The number of amides is 1. The minimum absolute atomic E-state index is 0.208. The first kappa shape index (κ1) is 15.8. The highest BCUT2D eigenvalue weighted by Crippen LogP contribution is 2.25. The summed E-state index contributed by atoms with van der Waals surface area (Å²) < 4.78 is 19.4. The number of benzene rings is 1. The second-order valence-corrected chi connectivity index (χ2v) is 5.89. The molecule has 1 fully saturated rings. The highest BCUT2D eigenvalue weighted by atomic mass is 19.1. The molecule has 1 aromatic rings. The minimum Gasteiger partial charge on any atom is -0.382 e. The van der Waals surface area contributed by atoms with Crippen LogP contribution in [-0.4, -0.2) is 24.7 Å². The van der Waals surface area contributed by atoms with Crippen molar-refractivity contribution in [2.24, 2.45) is 5.92 Å². The van der Waals surface area contributed by atoms with Gasteiger partial charge in [-0.2, -0.15) is 0 Å². The summed E-state index contributed by atoms with van der Waals surface area (Å²) in [6, 6.07) is 5.01. The lowest BCUT2D eigenvalue weighted by Crippen LogP contribution is -2.36. The standard InChI is InChI=1S/C16H23FN2O2/c1-10(2)16-9-13(6-7-21-16)19-12-4-5-14(17)15(8-12)18-11(3)20/h4-5,8,10,13,16,19H,6-7,9H2,1-3H3,(H,18,20). The van der Waals surface area contributed by atoms with Crippen molar-refractivity contribution in [2.75, 3.05) is 17.2 Å². The lowest BCUT2D eigenvalue weighted by atomic mass is 9.95. The van der Waals surface area contributed by atoms with Crippen LogP contribution in [0.2, 0.25) is 0 Å². The zero-order valence-electron chi connectivity index (χ0n) is 12.8. The van der Waals surface area contributed by atoms with Crippen LogP contribution in [0.1, 0.15) is 33.6 Å². The van der Waals surface area contributed by atoms with Crippen molar-refractivity contribution in [1.29, 1.82) is 0 Å². The number of halogens is 1. The predicted octanol–water partition coefficient (Wildman–Crippen LogP) is 3.40. The fraction of sp³-hybridized carbons (Fsp3) is 0.562. The van der Waals surface area contributed by atoms with Gasteiger partial charge in [-0.25, -0.2) is 4.39 Å². The normalized spacial score (nSPS) is 22.1. The molecule has 5 heteroatoms. The van der Waals surface area contributed by atoms with Crippen LogP contribution >= 0.6 is 0 Å². The summed E-state index contributed by atoms with van der Waals surface area (Å²) in [6.45, 7) is 6.41.